The molecule has 0 spiro atoms. The highest BCUT2D eigenvalue weighted by Gasteiger charge is 2.20. The summed E-state index contributed by atoms with van der Waals surface area (Å²) in [4.78, 5) is 14.2. The first-order chi connectivity index (χ1) is 15.5. The molecular formula is C23H16F2N2O5. The fraction of sp³-hybridized carbons (Fsp3) is 0.0870. The number of halogens is 2. The number of methoxy groups -OCH3 is 1. The molecule has 4 aromatic rings. The van der Waals surface area contributed by atoms with Crippen molar-refractivity contribution >= 4 is 16.6 Å². The van der Waals surface area contributed by atoms with Crippen LogP contribution in [0.15, 0.2) is 66.9 Å². The first-order valence-electron chi connectivity index (χ1n) is 9.41. The molecule has 0 atom stereocenters. The van der Waals surface area contributed by atoms with Crippen LogP contribution >= 0.6 is 0 Å². The van der Waals surface area contributed by atoms with Gasteiger partial charge in [0.2, 0.25) is 0 Å². The summed E-state index contributed by atoms with van der Waals surface area (Å²) in [6, 6.07) is 15.3. The molecule has 0 saturated heterocycles. The first-order valence-corrected chi connectivity index (χ1v) is 9.41. The van der Waals surface area contributed by atoms with Crippen LogP contribution < -0.4 is 14.2 Å². The zero-order valence-corrected chi connectivity index (χ0v) is 16.7. The van der Waals surface area contributed by atoms with E-state index in [2.05, 4.69) is 4.98 Å². The zero-order valence-electron chi connectivity index (χ0n) is 16.7. The number of pyridine rings is 1. The lowest BCUT2D eigenvalue weighted by atomic mass is 10.1. The number of hydrogen-bond donors (Lipinski definition) is 0. The monoisotopic (exact) mass is 438 g/mol. The summed E-state index contributed by atoms with van der Waals surface area (Å²) in [5, 5.41) is 11.2. The maximum Gasteiger partial charge on any atom is 0.275 e. The molecule has 0 saturated carbocycles. The van der Waals surface area contributed by atoms with Crippen LogP contribution in [0.3, 0.4) is 0 Å². The Hall–Kier alpha value is -4.27. The van der Waals surface area contributed by atoms with Crippen LogP contribution in [0, 0.1) is 21.7 Å². The van der Waals surface area contributed by atoms with Crippen molar-refractivity contribution in [3.8, 4) is 23.0 Å². The fourth-order valence-electron chi connectivity index (χ4n) is 3.08. The average Bonchev–Trinajstić information content (AvgIpc) is 2.80. The topological polar surface area (TPSA) is 83.7 Å². The Morgan fingerprint density at radius 1 is 0.969 bits per heavy atom. The standard InChI is InChI=1S/C23H16F2N2O5/c1-30-21-12-19-16(11-22(21)31-13-14-5-3-2-4-6-14)20(7-8-26-19)32-23-17(24)9-15(27(28)29)10-18(23)25/h2-12H,13H2,1H3. The molecule has 0 aliphatic rings. The lowest BCUT2D eigenvalue weighted by molar-refractivity contribution is -0.385. The Morgan fingerprint density at radius 3 is 2.34 bits per heavy atom. The van der Waals surface area contributed by atoms with Gasteiger partial charge in [-0.2, -0.15) is 0 Å². The molecule has 7 nitrogen and oxygen atoms in total. The van der Waals surface area contributed by atoms with E-state index in [9.17, 15) is 18.9 Å². The predicted octanol–water partition coefficient (Wildman–Crippen LogP) is 5.80. The predicted molar refractivity (Wildman–Crippen MR) is 112 cm³/mol. The number of rotatable bonds is 7. The highest BCUT2D eigenvalue weighted by atomic mass is 19.1. The molecule has 0 bridgehead atoms. The SMILES string of the molecule is COc1cc2nccc(Oc3c(F)cc([N+](=O)[O-])cc3F)c2cc1OCc1ccccc1. The molecule has 9 heteroatoms. The number of benzene rings is 3. The molecule has 0 N–H and O–H groups in total. The maximum absolute atomic E-state index is 14.3. The summed E-state index contributed by atoms with van der Waals surface area (Å²) in [7, 11) is 1.48. The fourth-order valence-corrected chi connectivity index (χ4v) is 3.08. The second-order valence-corrected chi connectivity index (χ2v) is 6.70. The van der Waals surface area contributed by atoms with Gasteiger partial charge in [-0.15, -0.1) is 0 Å². The Bertz CT molecular complexity index is 1280. The van der Waals surface area contributed by atoms with Gasteiger partial charge in [-0.3, -0.25) is 15.1 Å². The first kappa shape index (κ1) is 21.0. The van der Waals surface area contributed by atoms with Crippen LogP contribution in [-0.4, -0.2) is 17.0 Å². The van der Waals surface area contributed by atoms with Crippen LogP contribution in [0.1, 0.15) is 5.56 Å². The molecule has 0 unspecified atom stereocenters. The van der Waals surface area contributed by atoms with Crippen molar-refractivity contribution in [2.24, 2.45) is 0 Å². The van der Waals surface area contributed by atoms with Crippen molar-refractivity contribution in [1.82, 2.24) is 4.98 Å². The molecule has 0 aliphatic carbocycles. The molecule has 0 aliphatic heterocycles. The van der Waals surface area contributed by atoms with Gasteiger partial charge >= 0.3 is 0 Å². The molecule has 0 radical (unpaired) electrons. The molecule has 3 aromatic carbocycles. The van der Waals surface area contributed by atoms with Gasteiger partial charge in [-0.25, -0.2) is 8.78 Å². The third-order valence-electron chi connectivity index (χ3n) is 4.63. The van der Waals surface area contributed by atoms with Gasteiger partial charge in [0.05, 0.1) is 29.7 Å². The lowest BCUT2D eigenvalue weighted by Gasteiger charge is -2.14. The average molecular weight is 438 g/mol. The minimum absolute atomic E-state index is 0.0915. The van der Waals surface area contributed by atoms with Crippen LogP contribution in [0.25, 0.3) is 10.9 Å². The Labute approximate surface area is 181 Å². The molecule has 32 heavy (non-hydrogen) atoms. The van der Waals surface area contributed by atoms with Crippen LogP contribution in [0.4, 0.5) is 14.5 Å². The summed E-state index contributed by atoms with van der Waals surface area (Å²) < 4.78 is 45.4. The van der Waals surface area contributed by atoms with E-state index < -0.39 is 28.0 Å². The van der Waals surface area contributed by atoms with E-state index in [-0.39, 0.29) is 12.4 Å². The van der Waals surface area contributed by atoms with Crippen LogP contribution in [0.5, 0.6) is 23.0 Å². The molecule has 0 fully saturated rings. The number of ether oxygens (including phenoxy) is 3. The van der Waals surface area contributed by atoms with Crippen LogP contribution in [0.2, 0.25) is 0 Å². The van der Waals surface area contributed by atoms with E-state index >= 15 is 0 Å². The summed E-state index contributed by atoms with van der Waals surface area (Å²) in [5.41, 5.74) is 0.662. The van der Waals surface area contributed by atoms with E-state index in [1.165, 1.54) is 19.4 Å². The number of nitro benzene ring substituents is 1. The van der Waals surface area contributed by atoms with E-state index in [1.54, 1.807) is 12.1 Å². The van der Waals surface area contributed by atoms with Crippen LogP contribution in [-0.2, 0) is 6.61 Å². The van der Waals surface area contributed by atoms with Gasteiger partial charge in [0.1, 0.15) is 12.4 Å². The molecule has 162 valence electrons. The molecule has 1 aromatic heterocycles. The summed E-state index contributed by atoms with van der Waals surface area (Å²) in [5.74, 6) is -2.26. The number of nitrogens with zero attached hydrogens (tertiary/aromatic N) is 2. The van der Waals surface area contributed by atoms with Crippen molar-refractivity contribution in [3.63, 3.8) is 0 Å². The maximum atomic E-state index is 14.3. The number of nitro groups is 1. The van der Waals surface area contributed by atoms with E-state index in [0.717, 1.165) is 5.56 Å². The highest BCUT2D eigenvalue weighted by Crippen LogP contribution is 2.39. The second-order valence-electron chi connectivity index (χ2n) is 6.70. The number of hydrogen-bond acceptors (Lipinski definition) is 6. The largest absolute Gasteiger partial charge is 0.493 e. The molecule has 4 rings (SSSR count). The Morgan fingerprint density at radius 2 is 1.69 bits per heavy atom. The van der Waals surface area contributed by atoms with Crippen molar-refractivity contribution in [3.05, 3.63) is 94.2 Å². The summed E-state index contributed by atoms with van der Waals surface area (Å²) in [6.45, 7) is 0.269. The van der Waals surface area contributed by atoms with Crippen molar-refractivity contribution < 1.29 is 27.9 Å². The minimum Gasteiger partial charge on any atom is -0.493 e. The van der Waals surface area contributed by atoms with Gasteiger partial charge in [0.25, 0.3) is 5.69 Å². The molecule has 1 heterocycles. The normalized spacial score (nSPS) is 10.7. The van der Waals surface area contributed by atoms with Crippen molar-refractivity contribution in [2.75, 3.05) is 7.11 Å². The number of aromatic nitrogens is 1. The Kier molecular flexibility index (Phi) is 5.80. The second kappa shape index (κ2) is 8.84. The van der Waals surface area contributed by atoms with Gasteiger partial charge in [-0.1, -0.05) is 30.3 Å². The smallest absolute Gasteiger partial charge is 0.275 e. The molecular weight excluding hydrogens is 422 g/mol. The number of fused-ring (bicyclic) bond motifs is 1. The van der Waals surface area contributed by atoms with E-state index in [4.69, 9.17) is 14.2 Å². The van der Waals surface area contributed by atoms with E-state index in [1.807, 2.05) is 30.3 Å². The molecule has 0 amide bonds. The van der Waals surface area contributed by atoms with Gasteiger partial charge in [0.15, 0.2) is 28.9 Å². The zero-order chi connectivity index (χ0) is 22.7. The minimum atomic E-state index is -1.20. The summed E-state index contributed by atoms with van der Waals surface area (Å²) >= 11 is 0. The highest BCUT2D eigenvalue weighted by molar-refractivity contribution is 5.88. The summed E-state index contributed by atoms with van der Waals surface area (Å²) in [6.07, 6.45) is 1.41. The van der Waals surface area contributed by atoms with E-state index in [0.29, 0.717) is 34.5 Å². The van der Waals surface area contributed by atoms with Gasteiger partial charge < -0.3 is 14.2 Å². The van der Waals surface area contributed by atoms with Gasteiger partial charge in [-0.05, 0) is 17.7 Å². The van der Waals surface area contributed by atoms with Gasteiger partial charge in [0, 0.05) is 17.6 Å². The number of non-ortho nitro benzene ring substituents is 1. The van der Waals surface area contributed by atoms with Crippen molar-refractivity contribution in [2.45, 2.75) is 6.61 Å². The quantitative estimate of drug-likeness (QED) is 0.268. The Balaban J connectivity index is 1.72. The van der Waals surface area contributed by atoms with Crippen molar-refractivity contribution in [1.29, 1.82) is 0 Å². The lowest BCUT2D eigenvalue weighted by Crippen LogP contribution is -1.99. The third-order valence-corrected chi connectivity index (χ3v) is 4.63. The third kappa shape index (κ3) is 4.27.